The standard InChI is InChI=1S/C12H10FN5/c1-18-7-10(8-2-3-14-4-8)11(17-18)12-15-5-9(13)6-16-12/h2-7,14H,1H3. The van der Waals surface area contributed by atoms with Crippen LogP contribution in [-0.4, -0.2) is 24.7 Å². The number of aryl methyl sites for hydroxylation is 1. The fraction of sp³-hybridized carbons (Fsp3) is 0.0833. The van der Waals surface area contributed by atoms with Crippen molar-refractivity contribution in [1.82, 2.24) is 24.7 Å². The predicted octanol–water partition coefficient (Wildman–Crippen LogP) is 2.01. The Bertz CT molecular complexity index is 654. The first-order valence-electron chi connectivity index (χ1n) is 5.39. The topological polar surface area (TPSA) is 59.4 Å². The second kappa shape index (κ2) is 4.06. The van der Waals surface area contributed by atoms with Crippen molar-refractivity contribution in [3.8, 4) is 22.6 Å². The Morgan fingerprint density at radius 3 is 2.72 bits per heavy atom. The molecule has 0 spiro atoms. The molecule has 0 unspecified atom stereocenters. The molecule has 5 nitrogen and oxygen atoms in total. The van der Waals surface area contributed by atoms with E-state index in [1.165, 1.54) is 0 Å². The molecular weight excluding hydrogens is 233 g/mol. The molecule has 0 amide bonds. The van der Waals surface area contributed by atoms with Gasteiger partial charge in [-0.2, -0.15) is 5.10 Å². The predicted molar refractivity (Wildman–Crippen MR) is 64.0 cm³/mol. The molecule has 0 aliphatic rings. The van der Waals surface area contributed by atoms with Gasteiger partial charge in [0.15, 0.2) is 11.6 Å². The Hall–Kier alpha value is -2.50. The molecule has 0 aliphatic carbocycles. The van der Waals surface area contributed by atoms with Crippen LogP contribution >= 0.6 is 0 Å². The zero-order valence-corrected chi connectivity index (χ0v) is 9.63. The van der Waals surface area contributed by atoms with Gasteiger partial charge >= 0.3 is 0 Å². The van der Waals surface area contributed by atoms with Gasteiger partial charge in [0.25, 0.3) is 0 Å². The van der Waals surface area contributed by atoms with Crippen LogP contribution in [0.15, 0.2) is 37.1 Å². The highest BCUT2D eigenvalue weighted by atomic mass is 19.1. The minimum Gasteiger partial charge on any atom is -0.367 e. The van der Waals surface area contributed by atoms with Crippen LogP contribution in [-0.2, 0) is 7.05 Å². The first kappa shape index (κ1) is 10.6. The minimum absolute atomic E-state index is 0.410. The zero-order chi connectivity index (χ0) is 12.5. The molecule has 3 aromatic rings. The Morgan fingerprint density at radius 2 is 2.06 bits per heavy atom. The highest BCUT2D eigenvalue weighted by molar-refractivity contribution is 5.76. The average molecular weight is 243 g/mol. The van der Waals surface area contributed by atoms with Crippen molar-refractivity contribution in [2.75, 3.05) is 0 Å². The van der Waals surface area contributed by atoms with Gasteiger partial charge in [-0.3, -0.25) is 4.68 Å². The summed E-state index contributed by atoms with van der Waals surface area (Å²) in [6.07, 6.45) is 7.85. The molecule has 6 heteroatoms. The van der Waals surface area contributed by atoms with E-state index >= 15 is 0 Å². The molecule has 0 fully saturated rings. The summed E-state index contributed by atoms with van der Waals surface area (Å²) < 4.78 is 14.5. The Labute approximate surface area is 102 Å². The van der Waals surface area contributed by atoms with Crippen molar-refractivity contribution in [2.24, 2.45) is 7.05 Å². The molecule has 3 aromatic heterocycles. The van der Waals surface area contributed by atoms with E-state index in [9.17, 15) is 4.39 Å². The van der Waals surface area contributed by atoms with E-state index in [0.29, 0.717) is 11.5 Å². The normalized spacial score (nSPS) is 10.8. The number of nitrogens with zero attached hydrogens (tertiary/aromatic N) is 4. The van der Waals surface area contributed by atoms with Gasteiger partial charge in [-0.05, 0) is 6.07 Å². The molecule has 0 saturated carbocycles. The Morgan fingerprint density at radius 1 is 1.28 bits per heavy atom. The second-order valence-electron chi connectivity index (χ2n) is 3.89. The van der Waals surface area contributed by atoms with E-state index in [1.54, 1.807) is 4.68 Å². The fourth-order valence-corrected chi connectivity index (χ4v) is 1.79. The van der Waals surface area contributed by atoms with Gasteiger partial charge in [-0.1, -0.05) is 0 Å². The monoisotopic (exact) mass is 243 g/mol. The molecule has 0 aromatic carbocycles. The van der Waals surface area contributed by atoms with Crippen LogP contribution in [0.2, 0.25) is 0 Å². The summed E-state index contributed by atoms with van der Waals surface area (Å²) in [6, 6.07) is 1.93. The second-order valence-corrected chi connectivity index (χ2v) is 3.89. The number of hydrogen-bond acceptors (Lipinski definition) is 3. The average Bonchev–Trinajstić information content (AvgIpc) is 2.98. The number of rotatable bonds is 2. The van der Waals surface area contributed by atoms with Crippen LogP contribution in [0, 0.1) is 5.82 Å². The van der Waals surface area contributed by atoms with Crippen molar-refractivity contribution in [3.05, 3.63) is 42.9 Å². The molecule has 90 valence electrons. The summed E-state index contributed by atoms with van der Waals surface area (Å²) in [5.74, 6) is -0.0499. The summed E-state index contributed by atoms with van der Waals surface area (Å²) in [6.45, 7) is 0. The van der Waals surface area contributed by atoms with E-state index in [4.69, 9.17) is 0 Å². The van der Waals surface area contributed by atoms with Crippen LogP contribution in [0.3, 0.4) is 0 Å². The lowest BCUT2D eigenvalue weighted by atomic mass is 10.1. The van der Waals surface area contributed by atoms with Crippen molar-refractivity contribution in [2.45, 2.75) is 0 Å². The first-order chi connectivity index (χ1) is 8.74. The zero-order valence-electron chi connectivity index (χ0n) is 9.63. The van der Waals surface area contributed by atoms with Crippen LogP contribution in [0.4, 0.5) is 4.39 Å². The highest BCUT2D eigenvalue weighted by Crippen LogP contribution is 2.28. The van der Waals surface area contributed by atoms with Crippen molar-refractivity contribution in [3.63, 3.8) is 0 Å². The lowest BCUT2D eigenvalue weighted by Gasteiger charge is -1.98. The van der Waals surface area contributed by atoms with Crippen LogP contribution in [0.5, 0.6) is 0 Å². The molecule has 1 N–H and O–H groups in total. The number of nitrogens with one attached hydrogen (secondary N) is 1. The summed E-state index contributed by atoms with van der Waals surface area (Å²) in [7, 11) is 1.82. The van der Waals surface area contributed by atoms with E-state index in [1.807, 2.05) is 31.7 Å². The molecular formula is C12H10FN5. The van der Waals surface area contributed by atoms with Crippen LogP contribution in [0.25, 0.3) is 22.6 Å². The molecule has 0 aliphatic heterocycles. The van der Waals surface area contributed by atoms with E-state index in [2.05, 4.69) is 20.1 Å². The van der Waals surface area contributed by atoms with Crippen LogP contribution < -0.4 is 0 Å². The van der Waals surface area contributed by atoms with E-state index in [-0.39, 0.29) is 0 Å². The Balaban J connectivity index is 2.15. The molecule has 0 atom stereocenters. The van der Waals surface area contributed by atoms with Crippen molar-refractivity contribution in [1.29, 1.82) is 0 Å². The molecule has 3 heterocycles. The summed E-state index contributed by atoms with van der Waals surface area (Å²) in [5.41, 5.74) is 2.54. The maximum Gasteiger partial charge on any atom is 0.180 e. The molecule has 18 heavy (non-hydrogen) atoms. The minimum atomic E-state index is -0.460. The summed E-state index contributed by atoms with van der Waals surface area (Å²) >= 11 is 0. The van der Waals surface area contributed by atoms with Gasteiger partial charge in [-0.15, -0.1) is 0 Å². The number of H-pyrrole nitrogens is 1. The summed E-state index contributed by atoms with van der Waals surface area (Å²) in [5, 5.41) is 4.32. The first-order valence-corrected chi connectivity index (χ1v) is 5.39. The summed E-state index contributed by atoms with van der Waals surface area (Å²) in [4.78, 5) is 10.9. The van der Waals surface area contributed by atoms with E-state index in [0.717, 1.165) is 23.5 Å². The van der Waals surface area contributed by atoms with Crippen molar-refractivity contribution < 1.29 is 4.39 Å². The molecule has 0 bridgehead atoms. The lowest BCUT2D eigenvalue weighted by molar-refractivity contribution is 0.614. The van der Waals surface area contributed by atoms with Crippen molar-refractivity contribution >= 4 is 0 Å². The molecule has 0 radical (unpaired) electrons. The van der Waals surface area contributed by atoms with Gasteiger partial charge in [0, 0.05) is 36.8 Å². The number of aromatic nitrogens is 5. The number of halogens is 1. The number of hydrogen-bond donors (Lipinski definition) is 1. The molecule has 0 saturated heterocycles. The number of aromatic amines is 1. The van der Waals surface area contributed by atoms with Gasteiger partial charge in [-0.25, -0.2) is 14.4 Å². The van der Waals surface area contributed by atoms with Gasteiger partial charge in [0.1, 0.15) is 5.69 Å². The maximum atomic E-state index is 12.8. The highest BCUT2D eigenvalue weighted by Gasteiger charge is 2.14. The largest absolute Gasteiger partial charge is 0.367 e. The van der Waals surface area contributed by atoms with Gasteiger partial charge < -0.3 is 4.98 Å². The van der Waals surface area contributed by atoms with Gasteiger partial charge in [0.05, 0.1) is 12.4 Å². The van der Waals surface area contributed by atoms with Crippen LogP contribution in [0.1, 0.15) is 0 Å². The third-order valence-electron chi connectivity index (χ3n) is 2.57. The maximum absolute atomic E-state index is 12.8. The third-order valence-corrected chi connectivity index (χ3v) is 2.57. The van der Waals surface area contributed by atoms with Gasteiger partial charge in [0.2, 0.25) is 0 Å². The third kappa shape index (κ3) is 1.77. The SMILES string of the molecule is Cn1cc(-c2cc[nH]c2)c(-c2ncc(F)cn2)n1. The quantitative estimate of drug-likeness (QED) is 0.749. The Kier molecular flexibility index (Phi) is 2.40. The molecule has 3 rings (SSSR count). The van der Waals surface area contributed by atoms with E-state index < -0.39 is 5.82 Å². The fourth-order valence-electron chi connectivity index (χ4n) is 1.79. The smallest absolute Gasteiger partial charge is 0.180 e. The lowest BCUT2D eigenvalue weighted by Crippen LogP contribution is -1.93.